The van der Waals surface area contributed by atoms with E-state index in [1.165, 1.54) is 0 Å². The molecule has 1 fully saturated rings. The lowest BCUT2D eigenvalue weighted by Gasteiger charge is -2.47. The summed E-state index contributed by atoms with van der Waals surface area (Å²) in [6.45, 7) is 17.0. The van der Waals surface area contributed by atoms with Gasteiger partial charge in [-0.2, -0.15) is 0 Å². The summed E-state index contributed by atoms with van der Waals surface area (Å²) in [7, 11) is 0. The van der Waals surface area contributed by atoms with Gasteiger partial charge in [-0.1, -0.05) is 55.4 Å². The lowest BCUT2D eigenvalue weighted by molar-refractivity contribution is -0.156. The van der Waals surface area contributed by atoms with Gasteiger partial charge >= 0.3 is 0 Å². The van der Waals surface area contributed by atoms with E-state index in [0.29, 0.717) is 6.54 Å². The molecule has 0 aromatic rings. The lowest BCUT2D eigenvalue weighted by Crippen LogP contribution is -2.68. The number of nitrogens with one attached hydrogen (secondary N) is 1. The molecule has 2 atom stereocenters. The second-order valence-corrected chi connectivity index (χ2v) is 8.48. The van der Waals surface area contributed by atoms with Crippen LogP contribution in [-0.2, 0) is 9.59 Å². The molecule has 1 aliphatic rings. The number of carbonyl (C=O) groups is 2. The molecular formula is C17H32N2O2. The Bertz CT molecular complexity index is 408. The molecule has 1 rings (SSSR count). The highest BCUT2D eigenvalue weighted by atomic mass is 16.2. The first-order valence-corrected chi connectivity index (χ1v) is 8.01. The summed E-state index contributed by atoms with van der Waals surface area (Å²) in [5.74, 6) is 0.154. The van der Waals surface area contributed by atoms with E-state index >= 15 is 0 Å². The SMILES string of the molecule is CCC(C)(C)CN1C(=O)C(C(C)(C)C)NC(=O)C1C(C)C. The summed E-state index contributed by atoms with van der Waals surface area (Å²) in [4.78, 5) is 27.3. The molecule has 1 saturated heterocycles. The molecule has 2 amide bonds. The van der Waals surface area contributed by atoms with Crippen LogP contribution in [0.3, 0.4) is 0 Å². The van der Waals surface area contributed by atoms with Gasteiger partial charge in [0, 0.05) is 6.54 Å². The van der Waals surface area contributed by atoms with Crippen LogP contribution in [0.25, 0.3) is 0 Å². The average Bonchev–Trinajstić information content (AvgIpc) is 2.31. The zero-order valence-electron chi connectivity index (χ0n) is 14.9. The first kappa shape index (κ1) is 18.0. The summed E-state index contributed by atoms with van der Waals surface area (Å²) >= 11 is 0. The highest BCUT2D eigenvalue weighted by Gasteiger charge is 2.47. The van der Waals surface area contributed by atoms with Gasteiger partial charge in [-0.05, 0) is 23.2 Å². The van der Waals surface area contributed by atoms with E-state index in [4.69, 9.17) is 0 Å². The van der Waals surface area contributed by atoms with Crippen LogP contribution in [0.4, 0.5) is 0 Å². The molecule has 4 nitrogen and oxygen atoms in total. The van der Waals surface area contributed by atoms with Crippen molar-refractivity contribution in [3.63, 3.8) is 0 Å². The van der Waals surface area contributed by atoms with Crippen molar-refractivity contribution in [2.45, 2.75) is 73.9 Å². The van der Waals surface area contributed by atoms with Crippen LogP contribution in [0, 0.1) is 16.7 Å². The topological polar surface area (TPSA) is 49.4 Å². The third kappa shape index (κ3) is 3.98. The van der Waals surface area contributed by atoms with E-state index in [9.17, 15) is 9.59 Å². The van der Waals surface area contributed by atoms with Crippen LogP contribution >= 0.6 is 0 Å². The second-order valence-electron chi connectivity index (χ2n) is 8.48. The van der Waals surface area contributed by atoms with Gasteiger partial charge in [-0.25, -0.2) is 0 Å². The monoisotopic (exact) mass is 296 g/mol. The molecule has 0 spiro atoms. The second kappa shape index (κ2) is 5.98. The van der Waals surface area contributed by atoms with Crippen molar-refractivity contribution < 1.29 is 9.59 Å². The van der Waals surface area contributed by atoms with Gasteiger partial charge in [-0.15, -0.1) is 0 Å². The molecule has 0 bridgehead atoms. The van der Waals surface area contributed by atoms with Gasteiger partial charge in [-0.3, -0.25) is 9.59 Å². The molecule has 122 valence electrons. The van der Waals surface area contributed by atoms with Crippen molar-refractivity contribution in [1.29, 1.82) is 0 Å². The molecule has 1 aliphatic heterocycles. The van der Waals surface area contributed by atoms with Gasteiger partial charge in [0.2, 0.25) is 11.8 Å². The maximum Gasteiger partial charge on any atom is 0.246 e. The van der Waals surface area contributed by atoms with Gasteiger partial charge < -0.3 is 10.2 Å². The third-order valence-corrected chi connectivity index (χ3v) is 4.47. The van der Waals surface area contributed by atoms with Crippen LogP contribution in [0.15, 0.2) is 0 Å². The molecule has 1 N–H and O–H groups in total. The van der Waals surface area contributed by atoms with Crippen molar-refractivity contribution >= 4 is 11.8 Å². The average molecular weight is 296 g/mol. The number of hydrogen-bond donors (Lipinski definition) is 1. The highest BCUT2D eigenvalue weighted by Crippen LogP contribution is 2.31. The van der Waals surface area contributed by atoms with E-state index in [1.54, 1.807) is 0 Å². The molecule has 2 unspecified atom stereocenters. The summed E-state index contributed by atoms with van der Waals surface area (Å²) in [6, 6.07) is -0.797. The standard InChI is InChI=1S/C17H32N2O2/c1-9-17(7,8)10-19-12(11(2)3)14(20)18-13(15(19)21)16(4,5)6/h11-13H,9-10H2,1-8H3,(H,18,20). The van der Waals surface area contributed by atoms with E-state index in [1.807, 2.05) is 39.5 Å². The Kier molecular flexibility index (Phi) is 5.12. The molecule has 0 aromatic carbocycles. The van der Waals surface area contributed by atoms with Gasteiger partial charge in [0.25, 0.3) is 0 Å². The molecule has 0 saturated carbocycles. The Labute approximate surface area is 129 Å². The molecule has 1 heterocycles. The van der Waals surface area contributed by atoms with Crippen molar-refractivity contribution in [3.05, 3.63) is 0 Å². The van der Waals surface area contributed by atoms with Gasteiger partial charge in [0.1, 0.15) is 12.1 Å². The Hall–Kier alpha value is -1.06. The van der Waals surface area contributed by atoms with E-state index in [0.717, 1.165) is 6.42 Å². The minimum absolute atomic E-state index is 0.0167. The first-order chi connectivity index (χ1) is 9.40. The summed E-state index contributed by atoms with van der Waals surface area (Å²) in [5.41, 5.74) is -0.258. The van der Waals surface area contributed by atoms with Crippen LogP contribution in [0.2, 0.25) is 0 Å². The molecule has 0 aliphatic carbocycles. The number of carbonyl (C=O) groups excluding carboxylic acids is 2. The summed E-state index contributed by atoms with van der Waals surface area (Å²) < 4.78 is 0. The molecule has 0 radical (unpaired) electrons. The van der Waals surface area contributed by atoms with Crippen LogP contribution < -0.4 is 5.32 Å². The van der Waals surface area contributed by atoms with Gasteiger partial charge in [0.15, 0.2) is 0 Å². The normalized spacial score (nSPS) is 24.5. The Morgan fingerprint density at radius 2 is 1.67 bits per heavy atom. The predicted molar refractivity (Wildman–Crippen MR) is 85.8 cm³/mol. The summed E-state index contributed by atoms with van der Waals surface area (Å²) in [6.07, 6.45) is 0.976. The third-order valence-electron chi connectivity index (χ3n) is 4.47. The van der Waals surface area contributed by atoms with Crippen molar-refractivity contribution in [2.24, 2.45) is 16.7 Å². The van der Waals surface area contributed by atoms with Crippen molar-refractivity contribution in [1.82, 2.24) is 10.2 Å². The minimum atomic E-state index is -0.437. The lowest BCUT2D eigenvalue weighted by atomic mass is 9.81. The van der Waals surface area contributed by atoms with E-state index in [2.05, 4.69) is 26.1 Å². The van der Waals surface area contributed by atoms with Crippen LogP contribution in [0.1, 0.15) is 61.8 Å². The van der Waals surface area contributed by atoms with E-state index < -0.39 is 6.04 Å². The predicted octanol–water partition coefficient (Wildman–Crippen LogP) is 2.82. The fraction of sp³-hybridized carbons (Fsp3) is 0.882. The smallest absolute Gasteiger partial charge is 0.246 e. The van der Waals surface area contributed by atoms with Gasteiger partial charge in [0.05, 0.1) is 0 Å². The zero-order valence-corrected chi connectivity index (χ0v) is 14.9. The molecule has 0 aromatic heterocycles. The number of hydrogen-bond acceptors (Lipinski definition) is 2. The maximum atomic E-state index is 12.9. The fourth-order valence-corrected chi connectivity index (χ4v) is 2.73. The van der Waals surface area contributed by atoms with Crippen LogP contribution in [0.5, 0.6) is 0 Å². The minimum Gasteiger partial charge on any atom is -0.342 e. The quantitative estimate of drug-likeness (QED) is 0.867. The number of amides is 2. The zero-order chi connectivity index (χ0) is 16.6. The molecule has 21 heavy (non-hydrogen) atoms. The fourth-order valence-electron chi connectivity index (χ4n) is 2.73. The van der Waals surface area contributed by atoms with Crippen molar-refractivity contribution in [3.8, 4) is 0 Å². The van der Waals surface area contributed by atoms with Crippen LogP contribution in [-0.4, -0.2) is 35.3 Å². The number of rotatable bonds is 4. The number of nitrogens with zero attached hydrogens (tertiary/aromatic N) is 1. The highest BCUT2D eigenvalue weighted by molar-refractivity contribution is 5.97. The first-order valence-electron chi connectivity index (χ1n) is 8.01. The Morgan fingerprint density at radius 1 is 1.14 bits per heavy atom. The van der Waals surface area contributed by atoms with E-state index in [-0.39, 0.29) is 34.6 Å². The van der Waals surface area contributed by atoms with Crippen molar-refractivity contribution in [2.75, 3.05) is 6.54 Å². The Balaban J connectivity index is 3.16. The molecular weight excluding hydrogens is 264 g/mol. The Morgan fingerprint density at radius 3 is 2.05 bits per heavy atom. The number of piperazine rings is 1. The summed E-state index contributed by atoms with van der Waals surface area (Å²) in [5, 5.41) is 2.94. The maximum absolute atomic E-state index is 12.9. The molecule has 4 heteroatoms. The largest absolute Gasteiger partial charge is 0.342 e.